The number of anilines is 1. The Kier molecular flexibility index (Phi) is 7.03. The summed E-state index contributed by atoms with van der Waals surface area (Å²) < 4.78 is 17.8. The Morgan fingerprint density at radius 1 is 1.06 bits per heavy atom. The van der Waals surface area contributed by atoms with Gasteiger partial charge in [0.05, 0.1) is 7.11 Å². The fourth-order valence-corrected chi connectivity index (χ4v) is 4.33. The Bertz CT molecular complexity index is 1140. The van der Waals surface area contributed by atoms with E-state index < -0.39 is 5.97 Å². The van der Waals surface area contributed by atoms with Crippen molar-refractivity contribution >= 4 is 17.4 Å². The van der Waals surface area contributed by atoms with Crippen LogP contribution in [-0.4, -0.2) is 41.7 Å². The van der Waals surface area contributed by atoms with Gasteiger partial charge >= 0.3 is 5.97 Å². The first kappa shape index (κ1) is 24.6. The number of carbonyl (C=O) groups excluding carboxylic acids is 1. The van der Waals surface area contributed by atoms with Crippen LogP contribution >= 0.6 is 0 Å². The quantitative estimate of drug-likeness (QED) is 0.359. The molecule has 0 fully saturated rings. The number of pyridine rings is 1. The minimum Gasteiger partial charge on any atom is -0.493 e. The first-order valence-electron chi connectivity index (χ1n) is 11.1. The molecule has 0 saturated carbocycles. The Hall–Kier alpha value is -3.06. The zero-order valence-corrected chi connectivity index (χ0v) is 20.9. The average molecular weight is 454 g/mol. The molecule has 0 atom stereocenters. The number of hydrogen-bond acceptors (Lipinski definition) is 6. The number of fused-ring (bicyclic) bond motifs is 1. The van der Waals surface area contributed by atoms with Crippen molar-refractivity contribution in [1.29, 1.82) is 0 Å². The van der Waals surface area contributed by atoms with Gasteiger partial charge in [0.25, 0.3) is 0 Å². The van der Waals surface area contributed by atoms with Gasteiger partial charge in [-0.1, -0.05) is 20.8 Å². The summed E-state index contributed by atoms with van der Waals surface area (Å²) in [5, 5.41) is 3.74. The van der Waals surface area contributed by atoms with Gasteiger partial charge in [-0.2, -0.15) is 0 Å². The van der Waals surface area contributed by atoms with Gasteiger partial charge in [-0.15, -0.1) is 0 Å². The highest BCUT2D eigenvalue weighted by Gasteiger charge is 2.28. The molecular formula is C26H35N3O4. The number of esters is 1. The molecule has 33 heavy (non-hydrogen) atoms. The number of aromatic nitrogens is 2. The molecule has 0 bridgehead atoms. The molecule has 1 N–H and O–H groups in total. The molecule has 3 aromatic rings. The largest absolute Gasteiger partial charge is 0.493 e. The fraction of sp³-hybridized carbons (Fsp3) is 0.462. The topological polar surface area (TPSA) is 74.1 Å². The number of rotatable bonds is 8. The Labute approximate surface area is 196 Å². The van der Waals surface area contributed by atoms with Crippen molar-refractivity contribution in [3.05, 3.63) is 42.1 Å². The number of nitrogens with one attached hydrogen (secondary N) is 1. The van der Waals surface area contributed by atoms with Crippen LogP contribution in [0.3, 0.4) is 0 Å². The molecule has 2 aromatic heterocycles. The third-order valence-corrected chi connectivity index (χ3v) is 5.13. The molecular weight excluding hydrogens is 418 g/mol. The number of aryl methyl sites for hydroxylation is 1. The van der Waals surface area contributed by atoms with Crippen molar-refractivity contribution in [1.82, 2.24) is 9.38 Å². The normalized spacial score (nSPS) is 12.1. The van der Waals surface area contributed by atoms with Crippen molar-refractivity contribution < 1.29 is 19.0 Å². The highest BCUT2D eigenvalue weighted by atomic mass is 16.6. The fourth-order valence-electron chi connectivity index (χ4n) is 4.33. The lowest BCUT2D eigenvalue weighted by molar-refractivity contribution is -0.138. The van der Waals surface area contributed by atoms with Crippen LogP contribution in [0.15, 0.2) is 36.5 Å². The third kappa shape index (κ3) is 6.05. The summed E-state index contributed by atoms with van der Waals surface area (Å²) in [6, 6.07) is 9.57. The van der Waals surface area contributed by atoms with E-state index in [9.17, 15) is 4.79 Å². The highest BCUT2D eigenvalue weighted by molar-refractivity contribution is 5.80. The van der Waals surface area contributed by atoms with Gasteiger partial charge < -0.3 is 19.5 Å². The predicted octanol–water partition coefficient (Wildman–Crippen LogP) is 5.50. The molecule has 178 valence electrons. The maximum absolute atomic E-state index is 11.9. The van der Waals surface area contributed by atoms with E-state index in [-0.39, 0.29) is 17.6 Å². The van der Waals surface area contributed by atoms with Gasteiger partial charge in [0.2, 0.25) is 0 Å². The second kappa shape index (κ2) is 9.43. The monoisotopic (exact) mass is 453 g/mol. The molecule has 0 saturated heterocycles. The van der Waals surface area contributed by atoms with Crippen LogP contribution in [0.4, 0.5) is 5.82 Å². The van der Waals surface area contributed by atoms with E-state index in [0.717, 1.165) is 34.7 Å². The molecule has 7 nitrogen and oxygen atoms in total. The zero-order valence-electron chi connectivity index (χ0n) is 20.9. The Morgan fingerprint density at radius 2 is 1.79 bits per heavy atom. The van der Waals surface area contributed by atoms with Crippen LogP contribution in [0.5, 0.6) is 11.5 Å². The van der Waals surface area contributed by atoms with Crippen LogP contribution in [0.2, 0.25) is 0 Å². The van der Waals surface area contributed by atoms with Crippen LogP contribution in [0, 0.1) is 12.3 Å². The summed E-state index contributed by atoms with van der Waals surface area (Å²) in [4.78, 5) is 16.8. The van der Waals surface area contributed by atoms with Gasteiger partial charge in [-0.3, -0.25) is 4.40 Å². The Balaban J connectivity index is 2.08. The highest BCUT2D eigenvalue weighted by Crippen LogP contribution is 2.38. The minimum absolute atomic E-state index is 0.131. The minimum atomic E-state index is -0.488. The predicted molar refractivity (Wildman–Crippen MR) is 131 cm³/mol. The van der Waals surface area contributed by atoms with Crippen molar-refractivity contribution in [3.63, 3.8) is 0 Å². The summed E-state index contributed by atoms with van der Waals surface area (Å²) >= 11 is 0. The molecule has 3 rings (SSSR count). The van der Waals surface area contributed by atoms with Gasteiger partial charge in [0.1, 0.15) is 23.8 Å². The van der Waals surface area contributed by atoms with Crippen molar-refractivity contribution in [2.24, 2.45) is 5.41 Å². The maximum Gasteiger partial charge on any atom is 0.337 e. The SMILES string of the molecule is COCC(=O)Oc1ccc(-c2nc3cc(C)ccn3c2NC(C)(C)CC(C)(C)C)cc1OC. The molecule has 0 spiro atoms. The second-order valence-electron chi connectivity index (χ2n) is 10.3. The van der Waals surface area contributed by atoms with E-state index in [1.165, 1.54) is 7.11 Å². The molecule has 0 unspecified atom stereocenters. The maximum atomic E-state index is 11.9. The van der Waals surface area contributed by atoms with E-state index in [2.05, 4.69) is 63.4 Å². The summed E-state index contributed by atoms with van der Waals surface area (Å²) in [6.45, 7) is 13.0. The number of methoxy groups -OCH3 is 2. The van der Waals surface area contributed by atoms with Gasteiger partial charge in [0.15, 0.2) is 11.5 Å². The molecule has 0 amide bonds. The van der Waals surface area contributed by atoms with Crippen molar-refractivity contribution in [3.8, 4) is 22.8 Å². The van der Waals surface area contributed by atoms with Gasteiger partial charge in [-0.25, -0.2) is 9.78 Å². The lowest BCUT2D eigenvalue weighted by Gasteiger charge is -2.34. The molecule has 1 aromatic carbocycles. The summed E-state index contributed by atoms with van der Waals surface area (Å²) in [7, 11) is 2.99. The van der Waals surface area contributed by atoms with Crippen LogP contribution in [0.1, 0.15) is 46.6 Å². The van der Waals surface area contributed by atoms with Crippen LogP contribution < -0.4 is 14.8 Å². The molecule has 0 aliphatic rings. The number of imidazole rings is 1. The standard InChI is InChI=1S/C26H35N3O4/c1-17-11-12-29-21(13-17)27-23(24(29)28-26(5,6)16-25(2,3)4)18-9-10-19(20(14-18)32-8)33-22(30)15-31-7/h9-14,28H,15-16H2,1-8H3. The molecule has 0 aliphatic heterocycles. The van der Waals surface area contributed by atoms with Gasteiger partial charge in [-0.05, 0) is 68.5 Å². The van der Waals surface area contributed by atoms with Crippen LogP contribution in [-0.2, 0) is 9.53 Å². The smallest absolute Gasteiger partial charge is 0.337 e. The second-order valence-corrected chi connectivity index (χ2v) is 10.3. The first-order valence-corrected chi connectivity index (χ1v) is 11.1. The van der Waals surface area contributed by atoms with E-state index >= 15 is 0 Å². The van der Waals surface area contributed by atoms with Crippen LogP contribution in [0.25, 0.3) is 16.9 Å². The van der Waals surface area contributed by atoms with E-state index in [1.54, 1.807) is 13.2 Å². The van der Waals surface area contributed by atoms with E-state index in [0.29, 0.717) is 11.5 Å². The van der Waals surface area contributed by atoms with Crippen molar-refractivity contribution in [2.75, 3.05) is 26.1 Å². The third-order valence-electron chi connectivity index (χ3n) is 5.13. The lowest BCUT2D eigenvalue weighted by atomic mass is 9.82. The number of nitrogens with zero attached hydrogens (tertiary/aromatic N) is 2. The molecule has 7 heteroatoms. The zero-order chi connectivity index (χ0) is 24.4. The summed E-state index contributed by atoms with van der Waals surface area (Å²) in [6.07, 6.45) is 3.01. The van der Waals surface area contributed by atoms with Gasteiger partial charge in [0, 0.05) is 24.4 Å². The number of ether oxygens (including phenoxy) is 3. The first-order chi connectivity index (χ1) is 15.4. The molecule has 0 radical (unpaired) electrons. The number of hydrogen-bond donors (Lipinski definition) is 1. The molecule has 2 heterocycles. The summed E-state index contributed by atoms with van der Waals surface area (Å²) in [5.74, 6) is 1.21. The molecule has 0 aliphatic carbocycles. The summed E-state index contributed by atoms with van der Waals surface area (Å²) in [5.41, 5.74) is 3.63. The number of carbonyl (C=O) groups is 1. The lowest BCUT2D eigenvalue weighted by Crippen LogP contribution is -2.36. The Morgan fingerprint density at radius 3 is 2.42 bits per heavy atom. The van der Waals surface area contributed by atoms with Crippen molar-refractivity contribution in [2.45, 2.75) is 53.5 Å². The average Bonchev–Trinajstić information content (AvgIpc) is 3.03. The number of benzene rings is 1. The van der Waals surface area contributed by atoms with E-state index in [4.69, 9.17) is 19.2 Å². The van der Waals surface area contributed by atoms with E-state index in [1.807, 2.05) is 18.3 Å².